The topological polar surface area (TPSA) is 35.3 Å². The fourth-order valence-electron chi connectivity index (χ4n) is 1.16. The lowest BCUT2D eigenvalue weighted by Gasteiger charge is -1.96. The third-order valence-corrected chi connectivity index (χ3v) is 2.09. The third-order valence-electron chi connectivity index (χ3n) is 1.83. The zero-order valence-corrected chi connectivity index (χ0v) is 8.62. The molecule has 1 aromatic carbocycles. The zero-order chi connectivity index (χ0) is 11.5. The summed E-state index contributed by atoms with van der Waals surface area (Å²) in [5.41, 5.74) is 1.12. The number of alkyl halides is 2. The minimum atomic E-state index is -2.92. The average molecular weight is 246 g/mol. The van der Waals surface area contributed by atoms with Crippen LogP contribution in [0.2, 0.25) is 5.02 Å². The molecule has 0 aliphatic carbocycles. The Bertz CT molecular complexity index is 470. The minimum Gasteiger partial charge on any atom is -0.401 e. The van der Waals surface area contributed by atoms with E-state index in [9.17, 15) is 8.78 Å². The molecule has 0 N–H and O–H groups in total. The number of nitrogens with zero attached hydrogens (tertiary/aromatic N) is 1. The van der Waals surface area contributed by atoms with Crippen molar-refractivity contribution in [1.29, 1.82) is 0 Å². The maximum atomic E-state index is 11.9. The molecular weight excluding hydrogens is 240 g/mol. The number of aromatic nitrogens is 1. The lowest BCUT2D eigenvalue weighted by molar-refractivity contribution is -0.0666. The van der Waals surface area contributed by atoms with Crippen molar-refractivity contribution in [2.45, 2.75) is 6.61 Å². The van der Waals surface area contributed by atoms with Crippen LogP contribution in [0.3, 0.4) is 0 Å². The molecule has 1 aromatic heterocycles. The molecule has 16 heavy (non-hydrogen) atoms. The highest BCUT2D eigenvalue weighted by Gasteiger charge is 2.11. The van der Waals surface area contributed by atoms with Crippen LogP contribution in [0.25, 0.3) is 11.3 Å². The van der Waals surface area contributed by atoms with E-state index in [0.29, 0.717) is 16.3 Å². The Balaban J connectivity index is 2.21. The standard InChI is InChI=1S/C10H6ClF2NO2/c11-7-3-1-6(2-4-7)8-5-9(16-14-8)15-10(12)13/h1-5,10H. The monoisotopic (exact) mass is 245 g/mol. The summed E-state index contributed by atoms with van der Waals surface area (Å²) in [7, 11) is 0. The van der Waals surface area contributed by atoms with Crippen molar-refractivity contribution >= 4 is 11.6 Å². The summed E-state index contributed by atoms with van der Waals surface area (Å²) in [6.07, 6.45) is 0. The molecule has 0 spiro atoms. The van der Waals surface area contributed by atoms with E-state index >= 15 is 0 Å². The van der Waals surface area contributed by atoms with Gasteiger partial charge in [-0.3, -0.25) is 0 Å². The van der Waals surface area contributed by atoms with Crippen LogP contribution >= 0.6 is 11.6 Å². The number of benzene rings is 1. The van der Waals surface area contributed by atoms with E-state index < -0.39 is 6.61 Å². The van der Waals surface area contributed by atoms with Gasteiger partial charge in [-0.15, -0.1) is 0 Å². The Morgan fingerprint density at radius 1 is 1.25 bits per heavy atom. The van der Waals surface area contributed by atoms with E-state index in [2.05, 4.69) is 14.4 Å². The van der Waals surface area contributed by atoms with Gasteiger partial charge in [0.15, 0.2) is 0 Å². The molecular formula is C10H6ClF2NO2. The number of hydrogen-bond donors (Lipinski definition) is 0. The molecule has 0 saturated carbocycles. The van der Waals surface area contributed by atoms with Gasteiger partial charge in [0.1, 0.15) is 5.69 Å². The predicted molar refractivity (Wildman–Crippen MR) is 53.6 cm³/mol. The molecule has 0 atom stereocenters. The predicted octanol–water partition coefficient (Wildman–Crippen LogP) is 3.60. The SMILES string of the molecule is FC(F)Oc1cc(-c2ccc(Cl)cc2)no1. The molecule has 2 aromatic rings. The van der Waals surface area contributed by atoms with Crippen molar-refractivity contribution in [2.75, 3.05) is 0 Å². The quantitative estimate of drug-likeness (QED) is 0.829. The largest absolute Gasteiger partial charge is 0.401 e. The molecule has 0 bridgehead atoms. The molecule has 3 nitrogen and oxygen atoms in total. The average Bonchev–Trinajstić information content (AvgIpc) is 2.66. The van der Waals surface area contributed by atoms with Gasteiger partial charge in [-0.05, 0) is 12.1 Å². The van der Waals surface area contributed by atoms with Crippen molar-refractivity contribution < 1.29 is 18.0 Å². The Morgan fingerprint density at radius 2 is 1.94 bits per heavy atom. The fraction of sp³-hybridized carbons (Fsp3) is 0.100. The Hall–Kier alpha value is -1.62. The first-order chi connectivity index (χ1) is 7.65. The molecule has 2 rings (SSSR count). The molecule has 84 valence electrons. The molecule has 6 heteroatoms. The van der Waals surface area contributed by atoms with Gasteiger partial charge in [0.2, 0.25) is 0 Å². The second-order valence-corrected chi connectivity index (χ2v) is 3.35. The first-order valence-electron chi connectivity index (χ1n) is 4.32. The van der Waals surface area contributed by atoms with Crippen LogP contribution in [0.15, 0.2) is 34.9 Å². The van der Waals surface area contributed by atoms with E-state index in [1.807, 2.05) is 0 Å². The summed E-state index contributed by atoms with van der Waals surface area (Å²) >= 11 is 5.71. The smallest absolute Gasteiger partial charge is 0.389 e. The van der Waals surface area contributed by atoms with Gasteiger partial charge in [0.25, 0.3) is 0 Å². The normalized spacial score (nSPS) is 10.8. The minimum absolute atomic E-state index is 0.319. The Labute approximate surface area is 94.6 Å². The Kier molecular flexibility index (Phi) is 3.05. The van der Waals surface area contributed by atoms with Crippen LogP contribution in [-0.4, -0.2) is 11.8 Å². The molecule has 0 fully saturated rings. The van der Waals surface area contributed by atoms with Crippen LogP contribution < -0.4 is 4.74 Å². The van der Waals surface area contributed by atoms with Gasteiger partial charge in [-0.25, -0.2) is 0 Å². The third kappa shape index (κ3) is 2.49. The van der Waals surface area contributed by atoms with Gasteiger partial charge in [0, 0.05) is 10.6 Å². The number of ether oxygens (including phenoxy) is 1. The van der Waals surface area contributed by atoms with Gasteiger partial charge in [-0.2, -0.15) is 8.78 Å². The van der Waals surface area contributed by atoms with E-state index in [1.165, 1.54) is 6.07 Å². The first kappa shape index (κ1) is 10.9. The lowest BCUT2D eigenvalue weighted by atomic mass is 10.2. The second-order valence-electron chi connectivity index (χ2n) is 2.92. The van der Waals surface area contributed by atoms with Crippen molar-refractivity contribution in [2.24, 2.45) is 0 Å². The maximum absolute atomic E-state index is 11.9. The Morgan fingerprint density at radius 3 is 2.56 bits per heavy atom. The van der Waals surface area contributed by atoms with Crippen LogP contribution in [0.5, 0.6) is 5.95 Å². The van der Waals surface area contributed by atoms with Crippen molar-refractivity contribution in [3.63, 3.8) is 0 Å². The van der Waals surface area contributed by atoms with Crippen LogP contribution in [0.1, 0.15) is 0 Å². The van der Waals surface area contributed by atoms with E-state index in [1.54, 1.807) is 24.3 Å². The number of rotatable bonds is 3. The molecule has 0 aliphatic heterocycles. The van der Waals surface area contributed by atoms with Gasteiger partial charge < -0.3 is 9.26 Å². The van der Waals surface area contributed by atoms with E-state index in [4.69, 9.17) is 11.6 Å². The highest BCUT2D eigenvalue weighted by molar-refractivity contribution is 6.30. The van der Waals surface area contributed by atoms with Crippen LogP contribution in [-0.2, 0) is 0 Å². The number of hydrogen-bond acceptors (Lipinski definition) is 3. The maximum Gasteiger partial charge on any atom is 0.389 e. The summed E-state index contributed by atoms with van der Waals surface area (Å²) < 4.78 is 32.3. The first-order valence-corrected chi connectivity index (χ1v) is 4.70. The molecule has 1 heterocycles. The fourth-order valence-corrected chi connectivity index (χ4v) is 1.28. The summed E-state index contributed by atoms with van der Waals surface area (Å²) in [4.78, 5) is 0. The summed E-state index contributed by atoms with van der Waals surface area (Å²) in [5, 5.41) is 4.17. The van der Waals surface area contributed by atoms with Crippen molar-refractivity contribution in [3.8, 4) is 17.2 Å². The summed E-state index contributed by atoms with van der Waals surface area (Å²) in [6.45, 7) is -2.92. The highest BCUT2D eigenvalue weighted by atomic mass is 35.5. The van der Waals surface area contributed by atoms with Gasteiger partial charge in [-0.1, -0.05) is 28.9 Å². The van der Waals surface area contributed by atoms with Gasteiger partial charge >= 0.3 is 12.6 Å². The summed E-state index contributed by atoms with van der Waals surface area (Å²) in [6, 6.07) is 8.02. The second kappa shape index (κ2) is 4.49. The summed E-state index contributed by atoms with van der Waals surface area (Å²) in [5.74, 6) is -0.319. The van der Waals surface area contributed by atoms with Gasteiger partial charge in [0.05, 0.1) is 6.07 Å². The molecule has 0 aliphatic rings. The highest BCUT2D eigenvalue weighted by Crippen LogP contribution is 2.25. The zero-order valence-electron chi connectivity index (χ0n) is 7.86. The molecule has 0 radical (unpaired) electrons. The van der Waals surface area contributed by atoms with Crippen LogP contribution in [0, 0.1) is 0 Å². The number of halogens is 3. The molecule has 0 saturated heterocycles. The van der Waals surface area contributed by atoms with E-state index in [0.717, 1.165) is 0 Å². The van der Waals surface area contributed by atoms with Crippen LogP contribution in [0.4, 0.5) is 8.78 Å². The van der Waals surface area contributed by atoms with E-state index in [-0.39, 0.29) is 5.95 Å². The van der Waals surface area contributed by atoms with Crippen molar-refractivity contribution in [3.05, 3.63) is 35.4 Å². The lowest BCUT2D eigenvalue weighted by Crippen LogP contribution is -2.00. The molecule has 0 amide bonds. The van der Waals surface area contributed by atoms with Crippen molar-refractivity contribution in [1.82, 2.24) is 5.16 Å². The molecule has 0 unspecified atom stereocenters.